The second-order valence-electron chi connectivity index (χ2n) is 4.35. The number of hydrogen-bond donors (Lipinski definition) is 1. The summed E-state index contributed by atoms with van der Waals surface area (Å²) >= 11 is 12.3. The molecule has 0 atom stereocenters. The van der Waals surface area contributed by atoms with Crippen molar-refractivity contribution in [3.8, 4) is 0 Å². The molecule has 0 saturated carbocycles. The molecule has 0 saturated heterocycles. The maximum Gasteiger partial charge on any atom is 0.0643 e. The Morgan fingerprint density at radius 1 is 1.22 bits per heavy atom. The van der Waals surface area contributed by atoms with Gasteiger partial charge in [0.25, 0.3) is 0 Å². The summed E-state index contributed by atoms with van der Waals surface area (Å²) in [5.41, 5.74) is 3.98. The second-order valence-corrected chi connectivity index (χ2v) is 5.16. The number of benzene rings is 1. The van der Waals surface area contributed by atoms with Crippen molar-refractivity contribution in [1.29, 1.82) is 0 Å². The number of halogens is 2. The molecule has 2 aromatic rings. The van der Waals surface area contributed by atoms with E-state index in [1.165, 1.54) is 0 Å². The summed E-state index contributed by atoms with van der Waals surface area (Å²) in [7, 11) is 1.91. The molecule has 1 aromatic heterocycles. The number of aryl methyl sites for hydroxylation is 3. The van der Waals surface area contributed by atoms with Gasteiger partial charge in [0.2, 0.25) is 0 Å². The lowest BCUT2D eigenvalue weighted by Gasteiger charge is -2.09. The highest BCUT2D eigenvalue weighted by molar-refractivity contribution is 6.35. The molecule has 0 aliphatic heterocycles. The summed E-state index contributed by atoms with van der Waals surface area (Å²) in [6.45, 7) is 4.60. The molecule has 1 N–H and O–H groups in total. The van der Waals surface area contributed by atoms with Crippen molar-refractivity contribution >= 4 is 28.9 Å². The SMILES string of the molecule is Cc1cc(Cl)c(NCc2cn(C)nc2C)cc1Cl. The van der Waals surface area contributed by atoms with Crippen LogP contribution >= 0.6 is 23.2 Å². The van der Waals surface area contributed by atoms with Gasteiger partial charge in [0.05, 0.1) is 16.4 Å². The number of nitrogens with zero attached hydrogens (tertiary/aromatic N) is 2. The summed E-state index contributed by atoms with van der Waals surface area (Å²) < 4.78 is 1.80. The average Bonchev–Trinajstić information content (AvgIpc) is 2.61. The largest absolute Gasteiger partial charge is 0.380 e. The quantitative estimate of drug-likeness (QED) is 0.924. The minimum absolute atomic E-state index is 0.679. The van der Waals surface area contributed by atoms with E-state index < -0.39 is 0 Å². The van der Waals surface area contributed by atoms with Crippen LogP contribution in [0.25, 0.3) is 0 Å². The number of rotatable bonds is 3. The molecule has 96 valence electrons. The van der Waals surface area contributed by atoms with Crippen molar-refractivity contribution in [1.82, 2.24) is 9.78 Å². The molecule has 5 heteroatoms. The Bertz CT molecular complexity index is 576. The fourth-order valence-corrected chi connectivity index (χ4v) is 2.24. The zero-order chi connectivity index (χ0) is 13.3. The van der Waals surface area contributed by atoms with Crippen molar-refractivity contribution < 1.29 is 0 Å². The molecule has 0 aliphatic rings. The fourth-order valence-electron chi connectivity index (χ4n) is 1.79. The van der Waals surface area contributed by atoms with Gasteiger partial charge in [-0.2, -0.15) is 5.10 Å². The summed E-state index contributed by atoms with van der Waals surface area (Å²) in [6.07, 6.45) is 1.99. The highest BCUT2D eigenvalue weighted by Crippen LogP contribution is 2.29. The van der Waals surface area contributed by atoms with Crippen LogP contribution in [-0.2, 0) is 13.6 Å². The van der Waals surface area contributed by atoms with Gasteiger partial charge in [-0.25, -0.2) is 0 Å². The Morgan fingerprint density at radius 2 is 1.94 bits per heavy atom. The lowest BCUT2D eigenvalue weighted by molar-refractivity contribution is 0.756. The molecule has 0 fully saturated rings. The molecule has 1 heterocycles. The fraction of sp³-hybridized carbons (Fsp3) is 0.308. The number of nitrogens with one attached hydrogen (secondary N) is 1. The van der Waals surface area contributed by atoms with Crippen LogP contribution < -0.4 is 5.32 Å². The predicted molar refractivity (Wildman–Crippen MR) is 76.5 cm³/mol. The Kier molecular flexibility index (Phi) is 3.83. The molecule has 0 radical (unpaired) electrons. The minimum atomic E-state index is 0.679. The zero-order valence-corrected chi connectivity index (χ0v) is 12.1. The van der Waals surface area contributed by atoms with Gasteiger partial charge in [-0.15, -0.1) is 0 Å². The van der Waals surface area contributed by atoms with Crippen molar-refractivity contribution in [2.75, 3.05) is 5.32 Å². The summed E-state index contributed by atoms with van der Waals surface area (Å²) in [4.78, 5) is 0. The smallest absolute Gasteiger partial charge is 0.0643 e. The molecule has 0 spiro atoms. The van der Waals surface area contributed by atoms with Gasteiger partial charge in [0.1, 0.15) is 0 Å². The van der Waals surface area contributed by atoms with Gasteiger partial charge in [0, 0.05) is 30.4 Å². The zero-order valence-electron chi connectivity index (χ0n) is 10.6. The summed E-state index contributed by atoms with van der Waals surface area (Å²) in [5, 5.41) is 8.97. The Balaban J connectivity index is 2.15. The molecule has 2 rings (SSSR count). The van der Waals surface area contributed by atoms with E-state index in [9.17, 15) is 0 Å². The molecule has 0 unspecified atom stereocenters. The third-order valence-corrected chi connectivity index (χ3v) is 3.55. The maximum absolute atomic E-state index is 6.17. The minimum Gasteiger partial charge on any atom is -0.380 e. The Morgan fingerprint density at radius 3 is 2.56 bits per heavy atom. The van der Waals surface area contributed by atoms with Crippen LogP contribution in [0.4, 0.5) is 5.69 Å². The number of anilines is 1. The third-order valence-electron chi connectivity index (χ3n) is 2.83. The molecule has 0 amide bonds. The Labute approximate surface area is 117 Å². The first-order valence-corrected chi connectivity index (χ1v) is 6.41. The van der Waals surface area contributed by atoms with Gasteiger partial charge >= 0.3 is 0 Å². The van der Waals surface area contributed by atoms with Crippen LogP contribution in [0.2, 0.25) is 10.0 Å². The summed E-state index contributed by atoms with van der Waals surface area (Å²) in [6, 6.07) is 3.72. The van der Waals surface area contributed by atoms with Crippen LogP contribution in [-0.4, -0.2) is 9.78 Å². The molecular formula is C13H15Cl2N3. The highest BCUT2D eigenvalue weighted by Gasteiger charge is 2.07. The Hall–Kier alpha value is -1.19. The lowest BCUT2D eigenvalue weighted by Crippen LogP contribution is -2.00. The molecular weight excluding hydrogens is 269 g/mol. The van der Waals surface area contributed by atoms with Crippen molar-refractivity contribution in [3.63, 3.8) is 0 Å². The van der Waals surface area contributed by atoms with Gasteiger partial charge in [-0.3, -0.25) is 4.68 Å². The van der Waals surface area contributed by atoms with Gasteiger partial charge in [0.15, 0.2) is 0 Å². The average molecular weight is 284 g/mol. The van der Waals surface area contributed by atoms with E-state index in [1.807, 2.05) is 39.2 Å². The predicted octanol–water partition coefficient (Wildman–Crippen LogP) is 3.96. The third kappa shape index (κ3) is 2.79. The van der Waals surface area contributed by atoms with Crippen LogP contribution in [0, 0.1) is 13.8 Å². The van der Waals surface area contributed by atoms with E-state index in [4.69, 9.17) is 23.2 Å². The van der Waals surface area contributed by atoms with Crippen LogP contribution in [0.3, 0.4) is 0 Å². The molecule has 18 heavy (non-hydrogen) atoms. The summed E-state index contributed by atoms with van der Waals surface area (Å²) in [5.74, 6) is 0. The van der Waals surface area contributed by atoms with Gasteiger partial charge in [-0.05, 0) is 31.5 Å². The highest BCUT2D eigenvalue weighted by atomic mass is 35.5. The molecule has 3 nitrogen and oxygen atoms in total. The number of aromatic nitrogens is 2. The monoisotopic (exact) mass is 283 g/mol. The standard InChI is InChI=1S/C13H15Cl2N3/c1-8-4-12(15)13(5-11(8)14)16-6-10-7-18(3)17-9(10)2/h4-5,7,16H,6H2,1-3H3. The molecule has 0 aliphatic carbocycles. The van der Waals surface area contributed by atoms with Gasteiger partial charge < -0.3 is 5.32 Å². The van der Waals surface area contributed by atoms with Gasteiger partial charge in [-0.1, -0.05) is 23.2 Å². The maximum atomic E-state index is 6.17. The normalized spacial score (nSPS) is 10.7. The first-order chi connectivity index (χ1) is 8.47. The van der Waals surface area contributed by atoms with Crippen molar-refractivity contribution in [3.05, 3.63) is 45.2 Å². The van der Waals surface area contributed by atoms with Crippen LogP contribution in [0.5, 0.6) is 0 Å². The second kappa shape index (κ2) is 5.21. The van der Waals surface area contributed by atoms with E-state index in [1.54, 1.807) is 4.68 Å². The van der Waals surface area contributed by atoms with E-state index >= 15 is 0 Å². The van der Waals surface area contributed by atoms with E-state index in [0.29, 0.717) is 16.6 Å². The van der Waals surface area contributed by atoms with E-state index in [0.717, 1.165) is 22.5 Å². The first kappa shape index (κ1) is 13.2. The van der Waals surface area contributed by atoms with Crippen molar-refractivity contribution in [2.45, 2.75) is 20.4 Å². The topological polar surface area (TPSA) is 29.9 Å². The first-order valence-electron chi connectivity index (χ1n) is 5.66. The van der Waals surface area contributed by atoms with Crippen LogP contribution in [0.1, 0.15) is 16.8 Å². The van der Waals surface area contributed by atoms with E-state index in [2.05, 4.69) is 10.4 Å². The molecule has 1 aromatic carbocycles. The number of hydrogen-bond acceptors (Lipinski definition) is 2. The van der Waals surface area contributed by atoms with E-state index in [-0.39, 0.29) is 0 Å². The van der Waals surface area contributed by atoms with Crippen LogP contribution in [0.15, 0.2) is 18.3 Å². The molecule has 0 bridgehead atoms. The lowest BCUT2D eigenvalue weighted by atomic mass is 10.2. The van der Waals surface area contributed by atoms with Crippen molar-refractivity contribution in [2.24, 2.45) is 7.05 Å².